The maximum absolute atomic E-state index is 13.3. The van der Waals surface area contributed by atoms with Crippen LogP contribution in [0.4, 0.5) is 0 Å². The topological polar surface area (TPSA) is 60.9 Å². The number of allylic oxidation sites excluding steroid dienone is 1. The highest BCUT2D eigenvalue weighted by Crippen LogP contribution is 2.33. The maximum Gasteiger partial charge on any atom is 0.263 e. The molecule has 1 aromatic carbocycles. The zero-order valence-corrected chi connectivity index (χ0v) is 17.3. The third-order valence-corrected chi connectivity index (χ3v) is 6.46. The lowest BCUT2D eigenvalue weighted by atomic mass is 10.1. The molecule has 28 heavy (non-hydrogen) atoms. The molecule has 0 radical (unpaired) electrons. The molecule has 0 spiro atoms. The first-order valence-electron chi connectivity index (χ1n) is 8.83. The molecular weight excluding hydrogens is 390 g/mol. The Labute approximate surface area is 170 Å². The quantitative estimate of drug-likeness (QED) is 0.249. The van der Waals surface area contributed by atoms with E-state index in [9.17, 15) is 4.79 Å². The molecule has 0 atom stereocenters. The Kier molecular flexibility index (Phi) is 5.19. The van der Waals surface area contributed by atoms with Crippen molar-refractivity contribution in [3.8, 4) is 11.1 Å². The first-order chi connectivity index (χ1) is 13.6. The van der Waals surface area contributed by atoms with Gasteiger partial charge < -0.3 is 4.52 Å². The molecule has 4 rings (SSSR count). The van der Waals surface area contributed by atoms with Crippen LogP contribution in [0.3, 0.4) is 0 Å². The van der Waals surface area contributed by atoms with Crippen molar-refractivity contribution >= 4 is 33.3 Å². The average Bonchev–Trinajstić information content (AvgIpc) is 3.27. The van der Waals surface area contributed by atoms with Gasteiger partial charge in [-0.3, -0.25) is 9.36 Å². The van der Waals surface area contributed by atoms with Crippen molar-refractivity contribution in [1.82, 2.24) is 14.7 Å². The minimum absolute atomic E-state index is 0.0359. The number of hydrogen-bond acceptors (Lipinski definition) is 6. The Morgan fingerprint density at radius 2 is 2.07 bits per heavy atom. The number of nitrogens with zero attached hydrogens (tertiary/aromatic N) is 3. The molecule has 0 fully saturated rings. The van der Waals surface area contributed by atoms with E-state index < -0.39 is 0 Å². The summed E-state index contributed by atoms with van der Waals surface area (Å²) in [5, 5.41) is 7.36. The lowest BCUT2D eigenvalue weighted by Gasteiger charge is -2.10. The molecule has 0 saturated heterocycles. The Bertz CT molecular complexity index is 1190. The fourth-order valence-electron chi connectivity index (χ4n) is 3.08. The normalized spacial score (nSPS) is 11.2. The molecule has 3 heterocycles. The monoisotopic (exact) mass is 409 g/mol. The number of aromatic nitrogens is 3. The fourth-order valence-corrected chi connectivity index (χ4v) is 5.23. The van der Waals surface area contributed by atoms with Crippen molar-refractivity contribution in [2.24, 2.45) is 0 Å². The van der Waals surface area contributed by atoms with Gasteiger partial charge in [0.05, 0.1) is 11.1 Å². The summed E-state index contributed by atoms with van der Waals surface area (Å²) >= 11 is 3.02. The molecule has 5 nitrogen and oxygen atoms in total. The van der Waals surface area contributed by atoms with Crippen LogP contribution in [0.1, 0.15) is 17.0 Å². The van der Waals surface area contributed by atoms with E-state index in [0.717, 1.165) is 33.0 Å². The zero-order chi connectivity index (χ0) is 19.7. The molecular formula is C21H19N3O2S2. The van der Waals surface area contributed by atoms with Crippen molar-refractivity contribution in [3.05, 3.63) is 75.7 Å². The first-order valence-corrected chi connectivity index (χ1v) is 10.7. The van der Waals surface area contributed by atoms with Crippen LogP contribution in [0.2, 0.25) is 0 Å². The summed E-state index contributed by atoms with van der Waals surface area (Å²) in [6, 6.07) is 9.94. The van der Waals surface area contributed by atoms with Crippen LogP contribution in [-0.2, 0) is 12.3 Å². The summed E-state index contributed by atoms with van der Waals surface area (Å²) in [6.45, 7) is 8.04. The molecule has 0 amide bonds. The van der Waals surface area contributed by atoms with Crippen LogP contribution in [0.25, 0.3) is 21.3 Å². The largest absolute Gasteiger partial charge is 0.361 e. The van der Waals surface area contributed by atoms with Gasteiger partial charge in [-0.05, 0) is 19.4 Å². The highest BCUT2D eigenvalue weighted by Gasteiger charge is 2.18. The first kappa shape index (κ1) is 18.7. The van der Waals surface area contributed by atoms with Crippen LogP contribution in [0, 0.1) is 13.8 Å². The van der Waals surface area contributed by atoms with Gasteiger partial charge in [0.25, 0.3) is 5.56 Å². The number of thiophene rings is 1. The van der Waals surface area contributed by atoms with Crippen molar-refractivity contribution in [3.63, 3.8) is 0 Å². The second-order valence-electron chi connectivity index (χ2n) is 6.39. The summed E-state index contributed by atoms with van der Waals surface area (Å²) in [5.74, 6) is 1.44. The summed E-state index contributed by atoms with van der Waals surface area (Å²) in [5.41, 5.74) is 3.82. The van der Waals surface area contributed by atoms with Crippen molar-refractivity contribution in [2.45, 2.75) is 31.3 Å². The van der Waals surface area contributed by atoms with Gasteiger partial charge in [-0.25, -0.2) is 4.98 Å². The van der Waals surface area contributed by atoms with Crippen LogP contribution < -0.4 is 5.56 Å². The van der Waals surface area contributed by atoms with Crippen molar-refractivity contribution in [2.75, 3.05) is 0 Å². The van der Waals surface area contributed by atoms with Crippen LogP contribution in [0.15, 0.2) is 62.8 Å². The van der Waals surface area contributed by atoms with Crippen LogP contribution >= 0.6 is 23.1 Å². The summed E-state index contributed by atoms with van der Waals surface area (Å²) in [4.78, 5) is 18.9. The molecule has 142 valence electrons. The third-order valence-electron chi connectivity index (χ3n) is 4.58. The molecule has 4 aromatic rings. The minimum Gasteiger partial charge on any atom is -0.361 e. The standard InChI is InChI=1S/C21H19N3O2S2/c1-4-10-24-20(25)18-17(15-8-6-5-7-9-15)12-27-19(18)22-21(24)28-11-16-13(2)23-26-14(16)3/h4-9,12H,1,10-11H2,2-3H3. The Hall–Kier alpha value is -2.64. The highest BCUT2D eigenvalue weighted by atomic mass is 32.2. The molecule has 0 bridgehead atoms. The number of hydrogen-bond donors (Lipinski definition) is 0. The van der Waals surface area contributed by atoms with E-state index in [1.165, 1.54) is 23.1 Å². The van der Waals surface area contributed by atoms with Crippen LogP contribution in [0.5, 0.6) is 0 Å². The summed E-state index contributed by atoms with van der Waals surface area (Å²) in [6.07, 6.45) is 1.73. The smallest absolute Gasteiger partial charge is 0.263 e. The predicted molar refractivity (Wildman–Crippen MR) is 115 cm³/mol. The number of fused-ring (bicyclic) bond motifs is 1. The maximum atomic E-state index is 13.3. The van der Waals surface area contributed by atoms with Crippen molar-refractivity contribution in [1.29, 1.82) is 0 Å². The number of aryl methyl sites for hydroxylation is 2. The van der Waals surface area contributed by atoms with Gasteiger partial charge in [-0.15, -0.1) is 17.9 Å². The molecule has 0 unspecified atom stereocenters. The van der Waals surface area contributed by atoms with Gasteiger partial charge in [0, 0.05) is 28.8 Å². The SMILES string of the molecule is C=CCn1c(SCc2c(C)noc2C)nc2scc(-c3ccccc3)c2c1=O. The molecule has 0 aliphatic carbocycles. The highest BCUT2D eigenvalue weighted by molar-refractivity contribution is 7.98. The molecule has 3 aromatic heterocycles. The van der Waals surface area contributed by atoms with Gasteiger partial charge in [-0.1, -0.05) is 53.3 Å². The lowest BCUT2D eigenvalue weighted by Crippen LogP contribution is -2.22. The number of rotatable bonds is 6. The van der Waals surface area contributed by atoms with E-state index in [1.807, 2.05) is 49.6 Å². The average molecular weight is 410 g/mol. The molecule has 7 heteroatoms. The van der Waals surface area contributed by atoms with Crippen molar-refractivity contribution < 1.29 is 4.52 Å². The van der Waals surface area contributed by atoms with E-state index in [4.69, 9.17) is 9.51 Å². The fraction of sp³-hybridized carbons (Fsp3) is 0.190. The van der Waals surface area contributed by atoms with E-state index in [2.05, 4.69) is 11.7 Å². The van der Waals surface area contributed by atoms with E-state index in [1.54, 1.807) is 10.6 Å². The second-order valence-corrected chi connectivity index (χ2v) is 8.19. The molecule has 0 N–H and O–H groups in total. The Balaban J connectivity index is 1.80. The van der Waals surface area contributed by atoms with E-state index in [-0.39, 0.29) is 5.56 Å². The lowest BCUT2D eigenvalue weighted by molar-refractivity contribution is 0.392. The van der Waals surface area contributed by atoms with Crippen LogP contribution in [-0.4, -0.2) is 14.7 Å². The van der Waals surface area contributed by atoms with Gasteiger partial charge >= 0.3 is 0 Å². The van der Waals surface area contributed by atoms with Gasteiger partial charge in [0.2, 0.25) is 0 Å². The molecule has 0 aliphatic rings. The third kappa shape index (κ3) is 3.31. The summed E-state index contributed by atoms with van der Waals surface area (Å²) in [7, 11) is 0. The minimum atomic E-state index is -0.0359. The second kappa shape index (κ2) is 7.77. The molecule has 0 aliphatic heterocycles. The Morgan fingerprint density at radius 3 is 2.75 bits per heavy atom. The zero-order valence-electron chi connectivity index (χ0n) is 15.6. The number of thioether (sulfide) groups is 1. The van der Waals surface area contributed by atoms with Gasteiger partial charge in [0.15, 0.2) is 5.16 Å². The molecule has 0 saturated carbocycles. The predicted octanol–water partition coefficient (Wildman–Crippen LogP) is 5.21. The van der Waals surface area contributed by atoms with E-state index in [0.29, 0.717) is 22.8 Å². The Morgan fingerprint density at radius 1 is 1.29 bits per heavy atom. The van der Waals surface area contributed by atoms with Gasteiger partial charge in [-0.2, -0.15) is 0 Å². The van der Waals surface area contributed by atoms with E-state index >= 15 is 0 Å². The summed E-state index contributed by atoms with van der Waals surface area (Å²) < 4.78 is 6.93. The van der Waals surface area contributed by atoms with Gasteiger partial charge in [0.1, 0.15) is 10.6 Å². The number of benzene rings is 1.